The van der Waals surface area contributed by atoms with E-state index in [1.807, 2.05) is 125 Å². The summed E-state index contributed by atoms with van der Waals surface area (Å²) in [6.07, 6.45) is 0. The first-order chi connectivity index (χ1) is 15.3. The first-order valence-electron chi connectivity index (χ1n) is 10.7. The zero-order chi connectivity index (χ0) is 23.1. The topological polar surface area (TPSA) is 34.1 Å². The molecule has 4 aromatic carbocycles. The van der Waals surface area contributed by atoms with Crippen molar-refractivity contribution in [2.45, 2.75) is 27.7 Å². The summed E-state index contributed by atoms with van der Waals surface area (Å²) in [5, 5.41) is 0. The largest absolute Gasteiger partial charge is 0.289 e. The van der Waals surface area contributed by atoms with Crippen LogP contribution in [0.5, 0.6) is 0 Å². The van der Waals surface area contributed by atoms with Gasteiger partial charge >= 0.3 is 0 Å². The number of hydrogen-bond donors (Lipinski definition) is 0. The molecule has 2 nitrogen and oxygen atoms in total. The van der Waals surface area contributed by atoms with Crippen molar-refractivity contribution in [3.63, 3.8) is 0 Å². The molecule has 2 heteroatoms. The van der Waals surface area contributed by atoms with E-state index < -0.39 is 0 Å². The summed E-state index contributed by atoms with van der Waals surface area (Å²) < 4.78 is 0. The summed E-state index contributed by atoms with van der Waals surface area (Å²) in [5.41, 5.74) is 7.55. The van der Waals surface area contributed by atoms with Crippen molar-refractivity contribution in [3.05, 3.63) is 142 Å². The predicted molar refractivity (Wildman–Crippen MR) is 132 cm³/mol. The normalized spacial score (nSPS) is 10.1. The van der Waals surface area contributed by atoms with Gasteiger partial charge in [0.25, 0.3) is 0 Å². The summed E-state index contributed by atoms with van der Waals surface area (Å²) >= 11 is 0. The molecule has 4 aromatic rings. The Morgan fingerprint density at radius 1 is 0.406 bits per heavy atom. The number of rotatable bonds is 4. The molecule has 0 atom stereocenters. The van der Waals surface area contributed by atoms with Gasteiger partial charge < -0.3 is 0 Å². The molecule has 0 aliphatic carbocycles. The van der Waals surface area contributed by atoms with Crippen molar-refractivity contribution >= 4 is 11.6 Å². The monoisotopic (exact) mass is 420 g/mol. The fourth-order valence-corrected chi connectivity index (χ4v) is 3.32. The Bertz CT molecular complexity index is 1120. The Balaban J connectivity index is 0.000000181. The second-order valence-electron chi connectivity index (χ2n) is 8.13. The van der Waals surface area contributed by atoms with Crippen molar-refractivity contribution in [2.24, 2.45) is 0 Å². The van der Waals surface area contributed by atoms with Gasteiger partial charge in [0.15, 0.2) is 11.6 Å². The first kappa shape index (κ1) is 22.9. The Kier molecular flexibility index (Phi) is 7.51. The standard InChI is InChI=1S/2C15H14O/c2*1-11-6-8-13(9-7-11)15(16)14-5-3-4-12(2)10-14/h2*3-10H,1-2H3. The third-order valence-electron chi connectivity index (χ3n) is 5.19. The lowest BCUT2D eigenvalue weighted by Crippen LogP contribution is -2.01. The summed E-state index contributed by atoms with van der Waals surface area (Å²) in [6, 6.07) is 30.7. The van der Waals surface area contributed by atoms with Gasteiger partial charge in [0.2, 0.25) is 0 Å². The van der Waals surface area contributed by atoms with Gasteiger partial charge in [-0.15, -0.1) is 0 Å². The van der Waals surface area contributed by atoms with Crippen LogP contribution in [0.25, 0.3) is 0 Å². The van der Waals surface area contributed by atoms with Crippen LogP contribution in [0, 0.1) is 27.7 Å². The van der Waals surface area contributed by atoms with E-state index >= 15 is 0 Å². The molecule has 0 spiro atoms. The van der Waals surface area contributed by atoms with Gasteiger partial charge in [-0.1, -0.05) is 107 Å². The number of carbonyl (C=O) groups is 2. The predicted octanol–water partition coefficient (Wildman–Crippen LogP) is 7.07. The second kappa shape index (κ2) is 10.5. The van der Waals surface area contributed by atoms with Gasteiger partial charge in [-0.05, 0) is 39.8 Å². The molecule has 0 aliphatic heterocycles. The third kappa shape index (κ3) is 6.12. The molecular formula is C30H28O2. The van der Waals surface area contributed by atoms with Crippen LogP contribution in [0.3, 0.4) is 0 Å². The van der Waals surface area contributed by atoms with Crippen LogP contribution in [-0.4, -0.2) is 11.6 Å². The minimum absolute atomic E-state index is 0.0868. The maximum atomic E-state index is 12.1. The van der Waals surface area contributed by atoms with E-state index in [0.29, 0.717) is 0 Å². The van der Waals surface area contributed by atoms with Crippen LogP contribution in [0.1, 0.15) is 54.1 Å². The molecule has 0 saturated heterocycles. The summed E-state index contributed by atoms with van der Waals surface area (Å²) in [4.78, 5) is 24.2. The average molecular weight is 421 g/mol. The lowest BCUT2D eigenvalue weighted by Gasteiger charge is -2.02. The summed E-state index contributed by atoms with van der Waals surface area (Å²) in [5.74, 6) is 0.174. The SMILES string of the molecule is Cc1ccc(C(=O)c2cccc(C)c2)cc1.Cc1ccc(C(=O)c2cccc(C)c2)cc1. The second-order valence-corrected chi connectivity index (χ2v) is 8.13. The van der Waals surface area contributed by atoms with E-state index in [0.717, 1.165) is 33.4 Å². The van der Waals surface area contributed by atoms with E-state index in [9.17, 15) is 9.59 Å². The Hall–Kier alpha value is -3.78. The summed E-state index contributed by atoms with van der Waals surface area (Å²) in [6.45, 7) is 8.01. The number of carbonyl (C=O) groups excluding carboxylic acids is 2. The van der Waals surface area contributed by atoms with Gasteiger partial charge in [0.05, 0.1) is 0 Å². The molecule has 4 rings (SSSR count). The van der Waals surface area contributed by atoms with Crippen molar-refractivity contribution in [2.75, 3.05) is 0 Å². The molecule has 0 radical (unpaired) electrons. The van der Waals surface area contributed by atoms with Crippen LogP contribution >= 0.6 is 0 Å². The minimum atomic E-state index is 0.0868. The maximum Gasteiger partial charge on any atom is 0.193 e. The van der Waals surface area contributed by atoms with Crippen LogP contribution in [0.2, 0.25) is 0 Å². The zero-order valence-corrected chi connectivity index (χ0v) is 19.1. The molecular weight excluding hydrogens is 392 g/mol. The smallest absolute Gasteiger partial charge is 0.193 e. The number of aryl methyl sites for hydroxylation is 4. The van der Waals surface area contributed by atoms with Crippen LogP contribution in [0.4, 0.5) is 0 Å². The zero-order valence-electron chi connectivity index (χ0n) is 19.1. The highest BCUT2D eigenvalue weighted by molar-refractivity contribution is 6.09. The number of ketones is 2. The van der Waals surface area contributed by atoms with Crippen molar-refractivity contribution in [1.82, 2.24) is 0 Å². The Morgan fingerprint density at radius 3 is 1.06 bits per heavy atom. The minimum Gasteiger partial charge on any atom is -0.289 e. The van der Waals surface area contributed by atoms with Crippen molar-refractivity contribution in [3.8, 4) is 0 Å². The fraction of sp³-hybridized carbons (Fsp3) is 0.133. The van der Waals surface area contributed by atoms with Crippen molar-refractivity contribution in [1.29, 1.82) is 0 Å². The first-order valence-corrected chi connectivity index (χ1v) is 10.7. The molecule has 0 fully saturated rings. The third-order valence-corrected chi connectivity index (χ3v) is 5.19. The van der Waals surface area contributed by atoms with Gasteiger partial charge in [-0.25, -0.2) is 0 Å². The molecule has 0 amide bonds. The van der Waals surface area contributed by atoms with Gasteiger partial charge in [0.1, 0.15) is 0 Å². The highest BCUT2D eigenvalue weighted by atomic mass is 16.1. The summed E-state index contributed by atoms with van der Waals surface area (Å²) in [7, 11) is 0. The quantitative estimate of drug-likeness (QED) is 0.331. The molecule has 0 aliphatic rings. The van der Waals surface area contributed by atoms with E-state index in [1.165, 1.54) is 11.1 Å². The lowest BCUT2D eigenvalue weighted by atomic mass is 10.0. The van der Waals surface area contributed by atoms with Gasteiger partial charge in [0, 0.05) is 22.3 Å². The van der Waals surface area contributed by atoms with Gasteiger partial charge in [-0.2, -0.15) is 0 Å². The van der Waals surface area contributed by atoms with E-state index in [4.69, 9.17) is 0 Å². The van der Waals surface area contributed by atoms with Crippen LogP contribution in [0.15, 0.2) is 97.1 Å². The van der Waals surface area contributed by atoms with E-state index in [2.05, 4.69) is 0 Å². The average Bonchev–Trinajstić information content (AvgIpc) is 2.80. The molecule has 160 valence electrons. The Labute approximate surface area is 190 Å². The molecule has 0 unspecified atom stereocenters. The molecule has 0 heterocycles. The molecule has 32 heavy (non-hydrogen) atoms. The molecule has 0 saturated carbocycles. The van der Waals surface area contributed by atoms with Crippen LogP contribution in [-0.2, 0) is 0 Å². The van der Waals surface area contributed by atoms with Crippen molar-refractivity contribution < 1.29 is 9.59 Å². The highest BCUT2D eigenvalue weighted by Gasteiger charge is 2.09. The number of hydrogen-bond acceptors (Lipinski definition) is 2. The van der Waals surface area contributed by atoms with E-state index in [-0.39, 0.29) is 11.6 Å². The molecule has 0 bridgehead atoms. The van der Waals surface area contributed by atoms with Crippen LogP contribution < -0.4 is 0 Å². The number of benzene rings is 4. The fourth-order valence-electron chi connectivity index (χ4n) is 3.32. The Morgan fingerprint density at radius 2 is 0.750 bits per heavy atom. The van der Waals surface area contributed by atoms with E-state index in [1.54, 1.807) is 0 Å². The lowest BCUT2D eigenvalue weighted by molar-refractivity contribution is 0.103. The molecule has 0 N–H and O–H groups in total. The van der Waals surface area contributed by atoms with Gasteiger partial charge in [-0.3, -0.25) is 9.59 Å². The maximum absolute atomic E-state index is 12.1. The highest BCUT2D eigenvalue weighted by Crippen LogP contribution is 2.13. The molecule has 0 aromatic heterocycles.